The van der Waals surface area contributed by atoms with Crippen LogP contribution in [0.4, 0.5) is 0 Å². The van der Waals surface area contributed by atoms with E-state index < -0.39 is 0 Å². The minimum atomic E-state index is -0.280. The number of piperazine rings is 1. The first kappa shape index (κ1) is 21.7. The molecule has 0 bridgehead atoms. The number of pyridine rings is 1. The van der Waals surface area contributed by atoms with Crippen molar-refractivity contribution in [1.29, 1.82) is 0 Å². The molecular weight excluding hydrogens is 398 g/mol. The van der Waals surface area contributed by atoms with E-state index in [1.54, 1.807) is 6.20 Å². The summed E-state index contributed by atoms with van der Waals surface area (Å²) in [4.78, 5) is 35.6. The van der Waals surface area contributed by atoms with E-state index in [1.165, 1.54) is 0 Å². The van der Waals surface area contributed by atoms with E-state index in [9.17, 15) is 9.90 Å². The van der Waals surface area contributed by atoms with Crippen molar-refractivity contribution in [3.8, 4) is 0 Å². The third-order valence-corrected chi connectivity index (χ3v) is 7.05. The lowest BCUT2D eigenvalue weighted by molar-refractivity contribution is -0.122. The lowest BCUT2D eigenvalue weighted by atomic mass is 9.77. The number of carboxylic acid groups (broad SMARTS) is 1. The van der Waals surface area contributed by atoms with Crippen LogP contribution in [0.2, 0.25) is 0 Å². The van der Waals surface area contributed by atoms with Crippen molar-refractivity contribution in [3.63, 3.8) is 0 Å². The second-order valence-corrected chi connectivity index (χ2v) is 8.92. The van der Waals surface area contributed by atoms with Crippen LogP contribution < -0.4 is 0 Å². The number of rotatable bonds is 2. The van der Waals surface area contributed by atoms with E-state index in [0.717, 1.165) is 63.1 Å². The number of nitrogens with zero attached hydrogens (tertiary/aromatic N) is 4. The van der Waals surface area contributed by atoms with Gasteiger partial charge in [0.05, 0.1) is 11.7 Å². The summed E-state index contributed by atoms with van der Waals surface area (Å²) in [5, 5.41) is 18.7. The van der Waals surface area contributed by atoms with Crippen molar-refractivity contribution in [2.24, 2.45) is 11.8 Å². The molecular formula is C22H31N5O4. The highest BCUT2D eigenvalue weighted by atomic mass is 16.3. The Morgan fingerprint density at radius 3 is 2.58 bits per heavy atom. The van der Waals surface area contributed by atoms with Crippen LogP contribution in [0.15, 0.2) is 24.5 Å². The lowest BCUT2D eigenvalue weighted by Gasteiger charge is -2.44. The number of amides is 1. The standard InChI is InChI=1S/C21H29N5O2.CH2O2/c1-24-4-6-25(7-5-24)18-9-16-12-26(13-17(16)10-19(18)27)21(28)15-8-14-2-3-22-20(14)23-11-15;2-1-3/h2-3,8,11,16-19,27H,4-7,9-10,12-13H2,1H3,(H,22,23);1H,(H,2,3)/t16-,17+,18-,19-;/m1./s1. The molecule has 2 aromatic rings. The molecule has 0 radical (unpaired) electrons. The molecule has 4 heterocycles. The average molecular weight is 430 g/mol. The molecule has 0 spiro atoms. The molecule has 1 saturated carbocycles. The summed E-state index contributed by atoms with van der Waals surface area (Å²) < 4.78 is 0. The fraction of sp³-hybridized carbons (Fsp3) is 0.591. The number of carbonyl (C=O) groups is 2. The number of likely N-dealkylation sites (N-methyl/N-ethyl adjacent to an activating group) is 1. The summed E-state index contributed by atoms with van der Waals surface area (Å²) in [7, 11) is 2.16. The second-order valence-electron chi connectivity index (χ2n) is 8.92. The molecule has 3 N–H and O–H groups in total. The third kappa shape index (κ3) is 4.58. The number of aliphatic hydroxyl groups is 1. The predicted molar refractivity (Wildman–Crippen MR) is 116 cm³/mol. The summed E-state index contributed by atoms with van der Waals surface area (Å²) in [6, 6.07) is 4.10. The minimum absolute atomic E-state index is 0.0654. The highest BCUT2D eigenvalue weighted by Crippen LogP contribution is 2.39. The Bertz CT molecular complexity index is 910. The first-order valence-corrected chi connectivity index (χ1v) is 10.9. The van der Waals surface area contributed by atoms with Gasteiger partial charge in [0.25, 0.3) is 12.4 Å². The Hall–Kier alpha value is -2.49. The van der Waals surface area contributed by atoms with Crippen molar-refractivity contribution >= 4 is 23.4 Å². The molecule has 0 unspecified atom stereocenters. The molecule has 3 fully saturated rings. The molecule has 2 aromatic heterocycles. The first-order valence-electron chi connectivity index (χ1n) is 10.9. The van der Waals surface area contributed by atoms with Crippen LogP contribution in [0.1, 0.15) is 23.2 Å². The van der Waals surface area contributed by atoms with Gasteiger partial charge in [0.15, 0.2) is 0 Å². The van der Waals surface area contributed by atoms with Crippen LogP contribution in [0.3, 0.4) is 0 Å². The molecule has 0 aromatic carbocycles. The molecule has 2 saturated heterocycles. The van der Waals surface area contributed by atoms with E-state index in [-0.39, 0.29) is 24.5 Å². The van der Waals surface area contributed by atoms with E-state index in [2.05, 4.69) is 26.8 Å². The summed E-state index contributed by atoms with van der Waals surface area (Å²) in [5.74, 6) is 0.961. The van der Waals surface area contributed by atoms with Gasteiger partial charge in [-0.2, -0.15) is 0 Å². The van der Waals surface area contributed by atoms with E-state index >= 15 is 0 Å². The number of aromatic nitrogens is 2. The maximum Gasteiger partial charge on any atom is 0.290 e. The quantitative estimate of drug-likeness (QED) is 0.603. The zero-order chi connectivity index (χ0) is 22.0. The van der Waals surface area contributed by atoms with Gasteiger partial charge in [0.1, 0.15) is 5.65 Å². The Morgan fingerprint density at radius 2 is 1.87 bits per heavy atom. The molecule has 168 valence electrons. The number of aliphatic hydroxyl groups excluding tert-OH is 1. The highest BCUT2D eigenvalue weighted by Gasteiger charge is 2.45. The molecule has 31 heavy (non-hydrogen) atoms. The lowest BCUT2D eigenvalue weighted by Crippen LogP contribution is -2.55. The molecule has 9 heteroatoms. The zero-order valence-corrected chi connectivity index (χ0v) is 17.9. The molecule has 1 aliphatic carbocycles. The molecule has 2 aliphatic heterocycles. The second kappa shape index (κ2) is 9.33. The van der Waals surface area contributed by atoms with E-state index in [4.69, 9.17) is 9.90 Å². The van der Waals surface area contributed by atoms with E-state index in [0.29, 0.717) is 17.4 Å². The molecule has 5 rings (SSSR count). The number of likely N-dealkylation sites (tertiary alicyclic amines) is 1. The van der Waals surface area contributed by atoms with Gasteiger partial charge in [-0.1, -0.05) is 0 Å². The van der Waals surface area contributed by atoms with Crippen LogP contribution in [0.5, 0.6) is 0 Å². The van der Waals surface area contributed by atoms with Crippen molar-refractivity contribution in [2.45, 2.75) is 25.0 Å². The number of aromatic amines is 1. The Labute approximate surface area is 181 Å². The van der Waals surface area contributed by atoms with Crippen molar-refractivity contribution in [1.82, 2.24) is 24.7 Å². The van der Waals surface area contributed by atoms with E-state index in [1.807, 2.05) is 23.2 Å². The van der Waals surface area contributed by atoms with Gasteiger partial charge >= 0.3 is 0 Å². The van der Waals surface area contributed by atoms with Crippen LogP contribution in [0.25, 0.3) is 11.0 Å². The highest BCUT2D eigenvalue weighted by molar-refractivity contribution is 5.97. The van der Waals surface area contributed by atoms with Gasteiger partial charge in [-0.25, -0.2) is 4.98 Å². The number of nitrogens with one attached hydrogen (secondary N) is 1. The predicted octanol–water partition coefficient (Wildman–Crippen LogP) is 0.723. The Kier molecular flexibility index (Phi) is 6.54. The molecule has 9 nitrogen and oxygen atoms in total. The third-order valence-electron chi connectivity index (χ3n) is 7.05. The Balaban J connectivity index is 0.000000730. The maximum absolute atomic E-state index is 13.1. The first-order chi connectivity index (χ1) is 15.0. The van der Waals surface area contributed by atoms with Gasteiger partial charge in [-0.15, -0.1) is 0 Å². The summed E-state index contributed by atoms with van der Waals surface area (Å²) in [6.45, 7) is 5.49. The number of hydrogen-bond acceptors (Lipinski definition) is 6. The Morgan fingerprint density at radius 1 is 1.19 bits per heavy atom. The monoisotopic (exact) mass is 429 g/mol. The fourth-order valence-electron chi connectivity index (χ4n) is 5.36. The van der Waals surface area contributed by atoms with Gasteiger partial charge in [0.2, 0.25) is 0 Å². The van der Waals surface area contributed by atoms with Gasteiger partial charge in [-0.3, -0.25) is 14.5 Å². The van der Waals surface area contributed by atoms with Gasteiger partial charge in [0, 0.05) is 63.1 Å². The van der Waals surface area contributed by atoms with Crippen LogP contribution >= 0.6 is 0 Å². The largest absolute Gasteiger partial charge is 0.483 e. The molecule has 4 atom stereocenters. The zero-order valence-electron chi connectivity index (χ0n) is 17.9. The average Bonchev–Trinajstić information content (AvgIpc) is 3.39. The summed E-state index contributed by atoms with van der Waals surface area (Å²) in [6.07, 6.45) is 5.04. The number of carbonyl (C=O) groups excluding carboxylic acids is 1. The minimum Gasteiger partial charge on any atom is -0.483 e. The van der Waals surface area contributed by atoms with Crippen molar-refractivity contribution in [3.05, 3.63) is 30.1 Å². The number of hydrogen-bond donors (Lipinski definition) is 3. The molecule has 3 aliphatic rings. The maximum atomic E-state index is 13.1. The smallest absolute Gasteiger partial charge is 0.290 e. The topological polar surface area (TPSA) is 113 Å². The van der Waals surface area contributed by atoms with Crippen LogP contribution in [-0.2, 0) is 4.79 Å². The van der Waals surface area contributed by atoms with Gasteiger partial charge < -0.3 is 25.0 Å². The summed E-state index contributed by atoms with van der Waals surface area (Å²) >= 11 is 0. The number of H-pyrrole nitrogens is 1. The van der Waals surface area contributed by atoms with Crippen molar-refractivity contribution < 1.29 is 19.8 Å². The number of fused-ring (bicyclic) bond motifs is 2. The fourth-order valence-corrected chi connectivity index (χ4v) is 5.36. The van der Waals surface area contributed by atoms with Crippen LogP contribution in [0, 0.1) is 11.8 Å². The summed E-state index contributed by atoms with van der Waals surface area (Å²) in [5.41, 5.74) is 1.46. The molecule has 1 amide bonds. The van der Waals surface area contributed by atoms with Gasteiger partial charge in [-0.05, 0) is 43.9 Å². The van der Waals surface area contributed by atoms with Crippen LogP contribution in [-0.4, -0.2) is 106 Å². The van der Waals surface area contributed by atoms with Crippen molar-refractivity contribution in [2.75, 3.05) is 46.3 Å². The SMILES string of the molecule is CN1CCN([C@@H]2C[C@@H]3CN(C(=O)c4cnc5[nH]ccc5c4)C[C@@H]3C[C@H]2O)CC1.O=CO. The normalized spacial score (nSPS) is 29.3.